The summed E-state index contributed by atoms with van der Waals surface area (Å²) in [6, 6.07) is 4.17. The molecular weight excluding hydrogens is 246 g/mol. The summed E-state index contributed by atoms with van der Waals surface area (Å²) in [5.74, 6) is -0.0619. The average molecular weight is 263 g/mol. The van der Waals surface area contributed by atoms with Crippen molar-refractivity contribution < 1.29 is 4.79 Å². The van der Waals surface area contributed by atoms with Gasteiger partial charge in [-0.15, -0.1) is 11.3 Å². The lowest BCUT2D eigenvalue weighted by molar-refractivity contribution is 0.0934. The molecule has 0 aliphatic carbocycles. The summed E-state index contributed by atoms with van der Waals surface area (Å²) >= 11 is 1.68. The van der Waals surface area contributed by atoms with Crippen molar-refractivity contribution in [1.82, 2.24) is 15.5 Å². The highest BCUT2D eigenvalue weighted by Crippen LogP contribution is 2.23. The molecule has 0 saturated heterocycles. The highest BCUT2D eigenvalue weighted by molar-refractivity contribution is 7.10. The molecule has 2 aromatic rings. The standard InChI is InChI=1S/C13H17N3OS/c1-3-5-11(12-6-4-7-18-12)15-13(17)10-8-14-16-9(10)2/h4,6-8,11H,3,5H2,1-2H3,(H,14,16)(H,15,17). The van der Waals surface area contributed by atoms with Crippen molar-refractivity contribution >= 4 is 17.2 Å². The molecule has 5 heteroatoms. The first-order valence-electron chi connectivity index (χ1n) is 6.06. The molecule has 2 N–H and O–H groups in total. The fourth-order valence-electron chi connectivity index (χ4n) is 1.88. The van der Waals surface area contributed by atoms with Crippen LogP contribution in [0.4, 0.5) is 0 Å². The van der Waals surface area contributed by atoms with Crippen LogP contribution in [0, 0.1) is 6.92 Å². The highest BCUT2D eigenvalue weighted by atomic mass is 32.1. The number of hydrogen-bond donors (Lipinski definition) is 2. The van der Waals surface area contributed by atoms with E-state index in [2.05, 4.69) is 28.5 Å². The molecule has 0 bridgehead atoms. The van der Waals surface area contributed by atoms with E-state index in [4.69, 9.17) is 0 Å². The van der Waals surface area contributed by atoms with Crippen molar-refractivity contribution in [2.75, 3.05) is 0 Å². The molecule has 2 rings (SSSR count). The first-order valence-corrected chi connectivity index (χ1v) is 6.94. The van der Waals surface area contributed by atoms with E-state index < -0.39 is 0 Å². The summed E-state index contributed by atoms with van der Waals surface area (Å²) in [7, 11) is 0. The van der Waals surface area contributed by atoms with E-state index in [1.807, 2.05) is 18.4 Å². The van der Waals surface area contributed by atoms with Crippen LogP contribution in [0.25, 0.3) is 0 Å². The van der Waals surface area contributed by atoms with Gasteiger partial charge in [0.05, 0.1) is 17.8 Å². The first kappa shape index (κ1) is 12.8. The zero-order valence-corrected chi connectivity index (χ0v) is 11.4. The van der Waals surface area contributed by atoms with Crippen LogP contribution in [0.2, 0.25) is 0 Å². The molecule has 2 heterocycles. The van der Waals surface area contributed by atoms with Gasteiger partial charge in [-0.1, -0.05) is 19.4 Å². The number of aromatic nitrogens is 2. The molecule has 0 fully saturated rings. The molecular formula is C13H17N3OS. The zero-order valence-electron chi connectivity index (χ0n) is 10.6. The monoisotopic (exact) mass is 263 g/mol. The molecule has 1 atom stereocenters. The number of aromatic amines is 1. The number of carbonyl (C=O) groups is 1. The van der Waals surface area contributed by atoms with Crippen LogP contribution in [-0.2, 0) is 0 Å². The molecule has 1 amide bonds. The minimum Gasteiger partial charge on any atom is -0.344 e. The fraction of sp³-hybridized carbons (Fsp3) is 0.385. The predicted molar refractivity (Wildman–Crippen MR) is 72.8 cm³/mol. The van der Waals surface area contributed by atoms with Crippen LogP contribution >= 0.6 is 11.3 Å². The number of rotatable bonds is 5. The number of nitrogens with one attached hydrogen (secondary N) is 2. The Labute approximate surface area is 110 Å². The Bertz CT molecular complexity index is 504. The van der Waals surface area contributed by atoms with Crippen LogP contribution in [0.15, 0.2) is 23.7 Å². The zero-order chi connectivity index (χ0) is 13.0. The Morgan fingerprint density at radius 2 is 2.44 bits per heavy atom. The number of carbonyl (C=O) groups excluding carboxylic acids is 1. The third-order valence-electron chi connectivity index (χ3n) is 2.84. The van der Waals surface area contributed by atoms with Crippen molar-refractivity contribution in [2.24, 2.45) is 0 Å². The molecule has 0 aromatic carbocycles. The van der Waals surface area contributed by atoms with Gasteiger partial charge >= 0.3 is 0 Å². The van der Waals surface area contributed by atoms with Crippen LogP contribution in [-0.4, -0.2) is 16.1 Å². The van der Waals surface area contributed by atoms with E-state index in [1.54, 1.807) is 17.5 Å². The summed E-state index contributed by atoms with van der Waals surface area (Å²) in [6.45, 7) is 3.97. The van der Waals surface area contributed by atoms with Crippen LogP contribution < -0.4 is 5.32 Å². The van der Waals surface area contributed by atoms with Gasteiger partial charge in [0.15, 0.2) is 0 Å². The Morgan fingerprint density at radius 1 is 1.61 bits per heavy atom. The van der Waals surface area contributed by atoms with Crippen LogP contribution in [0.5, 0.6) is 0 Å². The average Bonchev–Trinajstić information content (AvgIpc) is 2.98. The molecule has 1 unspecified atom stereocenters. The van der Waals surface area contributed by atoms with Gasteiger partial charge in [0, 0.05) is 10.6 Å². The second-order valence-corrected chi connectivity index (χ2v) is 5.22. The van der Waals surface area contributed by atoms with Crippen LogP contribution in [0.3, 0.4) is 0 Å². The lowest BCUT2D eigenvalue weighted by atomic mass is 10.1. The lowest BCUT2D eigenvalue weighted by Crippen LogP contribution is -2.28. The molecule has 2 aromatic heterocycles. The van der Waals surface area contributed by atoms with Crippen molar-refractivity contribution in [3.8, 4) is 0 Å². The molecule has 18 heavy (non-hydrogen) atoms. The van der Waals surface area contributed by atoms with Gasteiger partial charge in [0.25, 0.3) is 5.91 Å². The van der Waals surface area contributed by atoms with E-state index >= 15 is 0 Å². The fourth-order valence-corrected chi connectivity index (χ4v) is 2.69. The number of nitrogens with zero attached hydrogens (tertiary/aromatic N) is 1. The van der Waals surface area contributed by atoms with Crippen LogP contribution in [0.1, 0.15) is 46.7 Å². The second kappa shape index (κ2) is 5.82. The van der Waals surface area contributed by atoms with Crippen molar-refractivity contribution in [3.05, 3.63) is 39.8 Å². The summed E-state index contributed by atoms with van der Waals surface area (Å²) in [5.41, 5.74) is 1.42. The maximum absolute atomic E-state index is 12.1. The number of amides is 1. The van der Waals surface area contributed by atoms with Gasteiger partial charge < -0.3 is 5.32 Å². The van der Waals surface area contributed by atoms with E-state index in [9.17, 15) is 4.79 Å². The Hall–Kier alpha value is -1.62. The van der Waals surface area contributed by atoms with E-state index in [-0.39, 0.29) is 11.9 Å². The predicted octanol–water partition coefficient (Wildman–Crippen LogP) is 3.05. The molecule has 4 nitrogen and oxygen atoms in total. The quantitative estimate of drug-likeness (QED) is 0.871. The number of H-pyrrole nitrogens is 1. The molecule has 0 spiro atoms. The van der Waals surface area contributed by atoms with E-state index in [0.29, 0.717) is 5.56 Å². The third kappa shape index (κ3) is 2.79. The van der Waals surface area contributed by atoms with Gasteiger partial charge in [-0.2, -0.15) is 5.10 Å². The molecule has 0 aliphatic rings. The molecule has 96 valence electrons. The third-order valence-corrected chi connectivity index (χ3v) is 3.83. The minimum atomic E-state index is -0.0619. The maximum atomic E-state index is 12.1. The van der Waals surface area contributed by atoms with Crippen molar-refractivity contribution in [2.45, 2.75) is 32.7 Å². The highest BCUT2D eigenvalue weighted by Gasteiger charge is 2.17. The summed E-state index contributed by atoms with van der Waals surface area (Å²) in [5, 5.41) is 11.8. The Morgan fingerprint density at radius 3 is 3.00 bits per heavy atom. The SMILES string of the molecule is CCCC(NC(=O)c1cn[nH]c1C)c1cccs1. The molecule has 0 aliphatic heterocycles. The number of hydrogen-bond acceptors (Lipinski definition) is 3. The lowest BCUT2D eigenvalue weighted by Gasteiger charge is -2.16. The molecule has 0 radical (unpaired) electrons. The summed E-state index contributed by atoms with van der Waals surface area (Å²) < 4.78 is 0. The van der Waals surface area contributed by atoms with Gasteiger partial charge in [-0.3, -0.25) is 9.89 Å². The smallest absolute Gasteiger partial charge is 0.255 e. The number of aryl methyl sites for hydroxylation is 1. The van der Waals surface area contributed by atoms with Gasteiger partial charge in [-0.25, -0.2) is 0 Å². The first-order chi connectivity index (χ1) is 8.72. The van der Waals surface area contributed by atoms with E-state index in [0.717, 1.165) is 18.5 Å². The second-order valence-electron chi connectivity index (χ2n) is 4.24. The van der Waals surface area contributed by atoms with Gasteiger partial charge in [0.2, 0.25) is 0 Å². The summed E-state index contributed by atoms with van der Waals surface area (Å²) in [6.07, 6.45) is 3.55. The van der Waals surface area contributed by atoms with Crippen molar-refractivity contribution in [1.29, 1.82) is 0 Å². The minimum absolute atomic E-state index is 0.0619. The van der Waals surface area contributed by atoms with Gasteiger partial charge in [-0.05, 0) is 24.8 Å². The number of thiophene rings is 1. The Kier molecular flexibility index (Phi) is 4.15. The van der Waals surface area contributed by atoms with E-state index in [1.165, 1.54) is 4.88 Å². The summed E-state index contributed by atoms with van der Waals surface area (Å²) in [4.78, 5) is 13.3. The largest absolute Gasteiger partial charge is 0.344 e. The maximum Gasteiger partial charge on any atom is 0.255 e. The van der Waals surface area contributed by atoms with Gasteiger partial charge in [0.1, 0.15) is 0 Å². The Balaban J connectivity index is 2.10. The molecule has 0 saturated carbocycles. The normalized spacial score (nSPS) is 12.3. The van der Waals surface area contributed by atoms with Crippen molar-refractivity contribution in [3.63, 3.8) is 0 Å². The topological polar surface area (TPSA) is 57.8 Å².